The average Bonchev–Trinajstić information content (AvgIpc) is 3.71. The molecule has 2 aromatic carbocycles. The van der Waals surface area contributed by atoms with E-state index in [2.05, 4.69) is 39.8 Å². The standard InChI is InChI=1S/C37H46FN6O7P/c1-4-7-15-27(16-8-5-2)23-48-35(46)29(21-26-17-11-9-12-18-26)43-52(47,51-28-19-13-10-14-20-28)49-24-37(6-3)30(45)22-31(50-37)44-25-40-32-33(39)41-36(38)42-34(32)44/h3,9-14,17-20,25,27,29-31,45H,4-5,7-8,15-16,21-24H2,1-2H3,(H,43,47)(H2,39,41,42)/t29-,30-,31+,37+,52?/m0/s1. The number of imidazole rings is 1. The van der Waals surface area contributed by atoms with Crippen molar-refractivity contribution in [2.24, 2.45) is 5.92 Å². The number of hydrogen-bond acceptors (Lipinski definition) is 11. The van der Waals surface area contributed by atoms with Crippen LogP contribution in [-0.4, -0.2) is 61.6 Å². The summed E-state index contributed by atoms with van der Waals surface area (Å²) in [6, 6.07) is 16.4. The molecule has 5 atom stereocenters. The van der Waals surface area contributed by atoms with Gasteiger partial charge in [0.15, 0.2) is 22.6 Å². The molecule has 13 nitrogen and oxygen atoms in total. The Kier molecular flexibility index (Phi) is 13.4. The van der Waals surface area contributed by atoms with E-state index in [0.29, 0.717) is 0 Å². The molecule has 0 radical (unpaired) electrons. The average molecular weight is 737 g/mol. The van der Waals surface area contributed by atoms with Gasteiger partial charge < -0.3 is 24.8 Å². The van der Waals surface area contributed by atoms with E-state index in [-0.39, 0.29) is 48.1 Å². The number of nitrogen functional groups attached to an aromatic ring is 1. The molecule has 0 saturated carbocycles. The normalized spacial score (nSPS) is 20.4. The third-order valence-corrected chi connectivity index (χ3v) is 10.5. The van der Waals surface area contributed by atoms with Crippen molar-refractivity contribution >= 4 is 30.7 Å². The number of aliphatic hydroxyl groups is 1. The van der Waals surface area contributed by atoms with Gasteiger partial charge in [0.2, 0.25) is 0 Å². The van der Waals surface area contributed by atoms with Gasteiger partial charge in [0.25, 0.3) is 0 Å². The zero-order valence-electron chi connectivity index (χ0n) is 29.4. The Balaban J connectivity index is 1.39. The smallest absolute Gasteiger partial charge is 0.459 e. The summed E-state index contributed by atoms with van der Waals surface area (Å²) in [5.74, 6) is 2.05. The maximum atomic E-state index is 14.7. The van der Waals surface area contributed by atoms with Crippen molar-refractivity contribution in [2.45, 2.75) is 89.2 Å². The number of terminal acetylenes is 1. The van der Waals surface area contributed by atoms with Crippen LogP contribution in [0.2, 0.25) is 0 Å². The van der Waals surface area contributed by atoms with Gasteiger partial charge >= 0.3 is 19.8 Å². The summed E-state index contributed by atoms with van der Waals surface area (Å²) < 4.78 is 54.2. The van der Waals surface area contributed by atoms with Gasteiger partial charge in [0, 0.05) is 6.42 Å². The van der Waals surface area contributed by atoms with Crippen LogP contribution >= 0.6 is 7.75 Å². The molecule has 52 heavy (non-hydrogen) atoms. The second-order valence-corrected chi connectivity index (χ2v) is 14.6. The van der Waals surface area contributed by atoms with Gasteiger partial charge in [-0.2, -0.15) is 19.4 Å². The maximum Gasteiger partial charge on any atom is 0.459 e. The van der Waals surface area contributed by atoms with Gasteiger partial charge in [-0.25, -0.2) is 9.55 Å². The molecule has 278 valence electrons. The lowest BCUT2D eigenvalue weighted by molar-refractivity contribution is -0.147. The molecule has 1 saturated heterocycles. The molecule has 4 N–H and O–H groups in total. The van der Waals surface area contributed by atoms with Crippen LogP contribution in [0.25, 0.3) is 11.2 Å². The highest BCUT2D eigenvalue weighted by Crippen LogP contribution is 2.48. The first-order valence-electron chi connectivity index (χ1n) is 17.5. The Bertz CT molecular complexity index is 1850. The van der Waals surface area contributed by atoms with Crippen LogP contribution in [0.15, 0.2) is 67.0 Å². The van der Waals surface area contributed by atoms with Crippen LogP contribution < -0.4 is 15.3 Å². The number of nitrogens with two attached hydrogens (primary N) is 1. The van der Waals surface area contributed by atoms with Gasteiger partial charge in [0.05, 0.1) is 12.9 Å². The van der Waals surface area contributed by atoms with Crippen molar-refractivity contribution in [1.29, 1.82) is 0 Å². The number of fused-ring (bicyclic) bond motifs is 1. The maximum absolute atomic E-state index is 14.7. The molecule has 1 aliphatic heterocycles. The number of para-hydroxylation sites is 1. The highest BCUT2D eigenvalue weighted by Gasteiger charge is 2.50. The van der Waals surface area contributed by atoms with Crippen molar-refractivity contribution in [2.75, 3.05) is 18.9 Å². The lowest BCUT2D eigenvalue weighted by atomic mass is 9.97. The largest absolute Gasteiger partial charge is 0.464 e. The summed E-state index contributed by atoms with van der Waals surface area (Å²) in [5, 5.41) is 14.1. The molecule has 2 aromatic heterocycles. The number of anilines is 1. The van der Waals surface area contributed by atoms with Gasteiger partial charge in [-0.3, -0.25) is 13.9 Å². The van der Waals surface area contributed by atoms with E-state index in [1.165, 1.54) is 10.9 Å². The lowest BCUT2D eigenvalue weighted by Gasteiger charge is -2.30. The molecule has 0 aliphatic carbocycles. The first-order valence-corrected chi connectivity index (χ1v) is 19.1. The van der Waals surface area contributed by atoms with E-state index in [9.17, 15) is 18.9 Å². The lowest BCUT2D eigenvalue weighted by Crippen LogP contribution is -2.44. The SMILES string of the molecule is C#C[C@]1(COP(=O)(N[C@@H](Cc2ccccc2)C(=O)OCC(CCCC)CCCC)Oc2ccccc2)O[C@@H](n2cnc3c(N)nc(F)nc32)C[C@@H]1O. The predicted octanol–water partition coefficient (Wildman–Crippen LogP) is 6.14. The monoisotopic (exact) mass is 736 g/mol. The Morgan fingerprint density at radius 2 is 1.83 bits per heavy atom. The quantitative estimate of drug-likeness (QED) is 0.0435. The number of nitrogens with zero attached hydrogens (tertiary/aromatic N) is 4. The van der Waals surface area contributed by atoms with Gasteiger partial charge in [-0.15, -0.1) is 6.42 Å². The fourth-order valence-corrected chi connectivity index (χ4v) is 7.57. The highest BCUT2D eigenvalue weighted by atomic mass is 31.2. The third kappa shape index (κ3) is 9.73. The number of aromatic nitrogens is 4. The number of carbonyl (C=O) groups is 1. The fourth-order valence-electron chi connectivity index (χ4n) is 6.06. The van der Waals surface area contributed by atoms with Gasteiger partial charge in [-0.05, 0) is 42.9 Å². The summed E-state index contributed by atoms with van der Waals surface area (Å²) in [6.45, 7) is 3.85. The summed E-state index contributed by atoms with van der Waals surface area (Å²) >= 11 is 0. The molecule has 0 bridgehead atoms. The minimum Gasteiger partial charge on any atom is -0.464 e. The molecule has 1 aliphatic rings. The minimum atomic E-state index is -4.48. The molecule has 3 heterocycles. The van der Waals surface area contributed by atoms with E-state index in [0.717, 1.165) is 44.1 Å². The topological polar surface area (TPSA) is 173 Å². The van der Waals surface area contributed by atoms with E-state index >= 15 is 0 Å². The van der Waals surface area contributed by atoms with Crippen LogP contribution in [0.1, 0.15) is 70.6 Å². The van der Waals surface area contributed by atoms with Crippen molar-refractivity contribution in [3.63, 3.8) is 0 Å². The molecule has 0 spiro atoms. The number of ether oxygens (including phenoxy) is 2. The number of aliphatic hydroxyl groups excluding tert-OH is 1. The van der Waals surface area contributed by atoms with Crippen molar-refractivity contribution in [3.8, 4) is 18.1 Å². The summed E-state index contributed by atoms with van der Waals surface area (Å²) in [6.07, 6.45) is 9.86. The third-order valence-electron chi connectivity index (χ3n) is 8.98. The van der Waals surface area contributed by atoms with Crippen LogP contribution in [0, 0.1) is 24.3 Å². The summed E-state index contributed by atoms with van der Waals surface area (Å²) in [5.41, 5.74) is 4.92. The zero-order valence-corrected chi connectivity index (χ0v) is 30.3. The molecule has 1 fully saturated rings. The molecular formula is C37H46FN6O7P. The van der Waals surface area contributed by atoms with Crippen molar-refractivity contribution in [1.82, 2.24) is 24.6 Å². The predicted molar refractivity (Wildman–Crippen MR) is 193 cm³/mol. The number of carbonyl (C=O) groups excluding carboxylic acids is 1. The number of hydrogen-bond donors (Lipinski definition) is 3. The molecular weight excluding hydrogens is 690 g/mol. The summed E-state index contributed by atoms with van der Waals surface area (Å²) in [7, 11) is -4.48. The van der Waals surface area contributed by atoms with E-state index in [1.807, 2.05) is 30.3 Å². The molecule has 15 heteroatoms. The molecule has 1 unspecified atom stereocenters. The van der Waals surface area contributed by atoms with Crippen LogP contribution in [0.5, 0.6) is 5.75 Å². The highest BCUT2D eigenvalue weighted by molar-refractivity contribution is 7.52. The zero-order chi connectivity index (χ0) is 37.1. The van der Waals surface area contributed by atoms with Crippen molar-refractivity contribution < 1.29 is 37.4 Å². The van der Waals surface area contributed by atoms with Crippen LogP contribution in [0.4, 0.5) is 10.2 Å². The Morgan fingerprint density at radius 3 is 2.48 bits per heavy atom. The van der Waals surface area contributed by atoms with E-state index < -0.39 is 50.4 Å². The number of nitrogens with one attached hydrogen (secondary N) is 1. The fraction of sp³-hybridized carbons (Fsp3) is 0.459. The second kappa shape index (κ2) is 17.9. The first-order chi connectivity index (χ1) is 25.1. The number of esters is 1. The molecule has 5 rings (SSSR count). The molecule has 0 amide bonds. The molecule has 4 aromatic rings. The number of unbranched alkanes of at least 4 members (excludes halogenated alkanes) is 2. The van der Waals surface area contributed by atoms with E-state index in [4.69, 9.17) is 30.7 Å². The Morgan fingerprint density at radius 1 is 1.15 bits per heavy atom. The van der Waals surface area contributed by atoms with Crippen LogP contribution in [0.3, 0.4) is 0 Å². The number of rotatable bonds is 19. The van der Waals surface area contributed by atoms with Crippen molar-refractivity contribution in [3.05, 3.63) is 78.6 Å². The summed E-state index contributed by atoms with van der Waals surface area (Å²) in [4.78, 5) is 25.3. The van der Waals surface area contributed by atoms with Gasteiger partial charge in [0.1, 0.15) is 30.7 Å². The van der Waals surface area contributed by atoms with Crippen LogP contribution in [-0.2, 0) is 29.8 Å². The van der Waals surface area contributed by atoms with E-state index in [1.54, 1.807) is 30.3 Å². The Labute approximate surface area is 303 Å². The first kappa shape index (κ1) is 38.8. The Hall–Kier alpha value is -4.38. The second-order valence-electron chi connectivity index (χ2n) is 12.9. The van der Waals surface area contributed by atoms with Gasteiger partial charge in [-0.1, -0.05) is 94.0 Å². The minimum absolute atomic E-state index is 0.0320. The number of halogens is 1. The number of benzene rings is 2.